The predicted octanol–water partition coefficient (Wildman–Crippen LogP) is 0.0867. The molecule has 0 saturated heterocycles. The van der Waals surface area contributed by atoms with Gasteiger partial charge in [0.05, 0.1) is 11.9 Å². The molecule has 0 atom stereocenters. The highest BCUT2D eigenvalue weighted by molar-refractivity contribution is 7.88. The van der Waals surface area contributed by atoms with Crippen LogP contribution in [0.4, 0.5) is 0 Å². The molecule has 0 bridgehead atoms. The molecule has 0 aliphatic carbocycles. The average Bonchev–Trinajstić information content (AvgIpc) is 1.76. The van der Waals surface area contributed by atoms with Crippen LogP contribution in [0.3, 0.4) is 0 Å². The van der Waals surface area contributed by atoms with Gasteiger partial charge in [-0.1, -0.05) is 0 Å². The van der Waals surface area contributed by atoms with Crippen molar-refractivity contribution in [3.05, 3.63) is 0 Å². The third-order valence-corrected chi connectivity index (χ3v) is 2.06. The van der Waals surface area contributed by atoms with Gasteiger partial charge in [-0.25, -0.2) is 13.1 Å². The number of nitrogens with one attached hydrogen (secondary N) is 1. The number of sulfonamides is 1. The van der Waals surface area contributed by atoms with E-state index in [9.17, 15) is 13.5 Å². The fraction of sp³-hybridized carbons (Fsp3) is 1.00. The first-order valence-electron chi connectivity index (χ1n) is 3.88. The van der Waals surface area contributed by atoms with Crippen LogP contribution in [0.1, 0.15) is 26.7 Å². The standard InChI is InChI=1S/C7H17NO3S/c1-7(2,9)5-4-6-8-12(3,10)11/h8-9H,4-6H2,1-3H3. The molecular formula is C7H17NO3S. The highest BCUT2D eigenvalue weighted by Crippen LogP contribution is 2.08. The molecule has 0 heterocycles. The lowest BCUT2D eigenvalue weighted by atomic mass is 10.0. The Kier molecular flexibility index (Phi) is 4.16. The van der Waals surface area contributed by atoms with Crippen LogP contribution in [-0.4, -0.2) is 31.9 Å². The summed E-state index contributed by atoms with van der Waals surface area (Å²) in [4.78, 5) is 0. The zero-order valence-electron chi connectivity index (χ0n) is 7.79. The first-order chi connectivity index (χ1) is 5.21. The van der Waals surface area contributed by atoms with E-state index in [1.54, 1.807) is 13.8 Å². The molecule has 0 aromatic carbocycles. The summed E-state index contributed by atoms with van der Waals surface area (Å²) >= 11 is 0. The van der Waals surface area contributed by atoms with E-state index in [-0.39, 0.29) is 0 Å². The summed E-state index contributed by atoms with van der Waals surface area (Å²) in [6.45, 7) is 3.80. The quantitative estimate of drug-likeness (QED) is 0.611. The maximum atomic E-state index is 10.6. The largest absolute Gasteiger partial charge is 0.390 e. The van der Waals surface area contributed by atoms with E-state index in [2.05, 4.69) is 4.72 Å². The second-order valence-corrected chi connectivity index (χ2v) is 5.42. The summed E-state index contributed by atoms with van der Waals surface area (Å²) in [6.07, 6.45) is 2.36. The maximum absolute atomic E-state index is 10.6. The van der Waals surface area contributed by atoms with Gasteiger partial charge in [0.1, 0.15) is 0 Å². The minimum atomic E-state index is -3.07. The Labute approximate surface area is 74.0 Å². The van der Waals surface area contributed by atoms with E-state index >= 15 is 0 Å². The van der Waals surface area contributed by atoms with Gasteiger partial charge in [-0.3, -0.25) is 0 Å². The molecule has 0 saturated carbocycles. The van der Waals surface area contributed by atoms with Crippen molar-refractivity contribution in [3.8, 4) is 0 Å². The number of hydrogen-bond donors (Lipinski definition) is 2. The summed E-state index contributed by atoms with van der Waals surface area (Å²) in [5.41, 5.74) is -0.709. The van der Waals surface area contributed by atoms with Crippen LogP contribution < -0.4 is 4.72 Å². The average molecular weight is 195 g/mol. The van der Waals surface area contributed by atoms with Crippen molar-refractivity contribution in [2.24, 2.45) is 0 Å². The summed E-state index contributed by atoms with van der Waals surface area (Å²) in [5.74, 6) is 0. The molecule has 0 unspecified atom stereocenters. The zero-order chi connectivity index (χ0) is 9.83. The molecule has 0 aromatic rings. The SMILES string of the molecule is CC(C)(O)CCCNS(C)(=O)=O. The number of hydrogen-bond acceptors (Lipinski definition) is 3. The Hall–Kier alpha value is -0.130. The molecule has 4 nitrogen and oxygen atoms in total. The Morgan fingerprint density at radius 2 is 1.92 bits per heavy atom. The number of aliphatic hydroxyl groups is 1. The van der Waals surface area contributed by atoms with Crippen molar-refractivity contribution in [2.75, 3.05) is 12.8 Å². The van der Waals surface area contributed by atoms with Crippen LogP contribution in [0.5, 0.6) is 0 Å². The third kappa shape index (κ3) is 9.87. The second-order valence-electron chi connectivity index (χ2n) is 3.58. The lowest BCUT2D eigenvalue weighted by Gasteiger charge is -2.16. The fourth-order valence-corrected chi connectivity index (χ4v) is 1.29. The number of rotatable bonds is 5. The van der Waals surface area contributed by atoms with Crippen LogP contribution in [0.2, 0.25) is 0 Å². The molecule has 74 valence electrons. The first kappa shape index (κ1) is 11.9. The summed E-state index contributed by atoms with van der Waals surface area (Å²) in [7, 11) is -3.07. The van der Waals surface area contributed by atoms with Crippen molar-refractivity contribution in [3.63, 3.8) is 0 Å². The normalized spacial score (nSPS) is 13.3. The molecule has 2 N–H and O–H groups in total. The van der Waals surface area contributed by atoms with Crippen LogP contribution in [0, 0.1) is 0 Å². The first-order valence-corrected chi connectivity index (χ1v) is 5.77. The Morgan fingerprint density at radius 1 is 1.42 bits per heavy atom. The van der Waals surface area contributed by atoms with Crippen LogP contribution in [0.25, 0.3) is 0 Å². The Morgan fingerprint density at radius 3 is 2.25 bits per heavy atom. The molecule has 5 heteroatoms. The van der Waals surface area contributed by atoms with E-state index in [4.69, 9.17) is 0 Å². The lowest BCUT2D eigenvalue weighted by Crippen LogP contribution is -2.26. The molecule has 0 amide bonds. The molecule has 0 rings (SSSR count). The highest BCUT2D eigenvalue weighted by Gasteiger charge is 2.11. The summed E-state index contributed by atoms with van der Waals surface area (Å²) in [5, 5.41) is 9.27. The van der Waals surface area contributed by atoms with Gasteiger partial charge in [0.25, 0.3) is 0 Å². The van der Waals surface area contributed by atoms with Crippen molar-refractivity contribution < 1.29 is 13.5 Å². The van der Waals surface area contributed by atoms with Gasteiger partial charge in [-0.05, 0) is 26.7 Å². The van der Waals surface area contributed by atoms with Crippen LogP contribution in [-0.2, 0) is 10.0 Å². The van der Waals surface area contributed by atoms with Crippen molar-refractivity contribution >= 4 is 10.0 Å². The van der Waals surface area contributed by atoms with E-state index in [1.165, 1.54) is 0 Å². The zero-order valence-corrected chi connectivity index (χ0v) is 8.61. The van der Waals surface area contributed by atoms with Crippen molar-refractivity contribution in [1.29, 1.82) is 0 Å². The van der Waals surface area contributed by atoms with E-state index in [0.29, 0.717) is 19.4 Å². The van der Waals surface area contributed by atoms with Crippen molar-refractivity contribution in [2.45, 2.75) is 32.3 Å². The predicted molar refractivity (Wildman–Crippen MR) is 48.4 cm³/mol. The van der Waals surface area contributed by atoms with Crippen LogP contribution in [0.15, 0.2) is 0 Å². The van der Waals surface area contributed by atoms with E-state index in [0.717, 1.165) is 6.26 Å². The van der Waals surface area contributed by atoms with Gasteiger partial charge in [0.2, 0.25) is 10.0 Å². The van der Waals surface area contributed by atoms with Gasteiger partial charge in [0, 0.05) is 6.54 Å². The molecule has 0 aliphatic heterocycles. The minimum Gasteiger partial charge on any atom is -0.390 e. The molecule has 12 heavy (non-hydrogen) atoms. The highest BCUT2D eigenvalue weighted by atomic mass is 32.2. The Balaban J connectivity index is 3.48. The Bertz CT molecular complexity index is 215. The van der Waals surface area contributed by atoms with Crippen LogP contribution >= 0.6 is 0 Å². The summed E-state index contributed by atoms with van der Waals surface area (Å²) in [6, 6.07) is 0. The van der Waals surface area contributed by atoms with Gasteiger partial charge < -0.3 is 5.11 Å². The molecule has 0 spiro atoms. The smallest absolute Gasteiger partial charge is 0.208 e. The van der Waals surface area contributed by atoms with E-state index in [1.807, 2.05) is 0 Å². The van der Waals surface area contributed by atoms with Gasteiger partial charge >= 0.3 is 0 Å². The van der Waals surface area contributed by atoms with Gasteiger partial charge in [-0.15, -0.1) is 0 Å². The van der Waals surface area contributed by atoms with Crippen molar-refractivity contribution in [1.82, 2.24) is 4.72 Å². The molecule has 0 aliphatic rings. The maximum Gasteiger partial charge on any atom is 0.208 e. The summed E-state index contributed by atoms with van der Waals surface area (Å²) < 4.78 is 23.5. The molecular weight excluding hydrogens is 178 g/mol. The second kappa shape index (κ2) is 4.20. The topological polar surface area (TPSA) is 66.4 Å². The van der Waals surface area contributed by atoms with E-state index < -0.39 is 15.6 Å². The molecule has 0 fully saturated rings. The van der Waals surface area contributed by atoms with Gasteiger partial charge in [0.15, 0.2) is 0 Å². The molecule has 0 radical (unpaired) electrons. The lowest BCUT2D eigenvalue weighted by molar-refractivity contribution is 0.0692. The monoisotopic (exact) mass is 195 g/mol. The van der Waals surface area contributed by atoms with Gasteiger partial charge in [-0.2, -0.15) is 0 Å². The fourth-order valence-electron chi connectivity index (χ4n) is 0.779. The third-order valence-electron chi connectivity index (χ3n) is 1.33. The molecule has 0 aromatic heterocycles. The minimum absolute atomic E-state index is 0.392.